The van der Waals surface area contributed by atoms with E-state index in [2.05, 4.69) is 4.98 Å². The molecular weight excluding hydrogens is 355 g/mol. The predicted octanol–water partition coefficient (Wildman–Crippen LogP) is -1.10. The molecule has 3 N–H and O–H groups in total. The van der Waals surface area contributed by atoms with E-state index in [0.29, 0.717) is 5.56 Å². The van der Waals surface area contributed by atoms with Crippen molar-refractivity contribution < 1.29 is 14.9 Å². The summed E-state index contributed by atoms with van der Waals surface area (Å²) in [6.07, 6.45) is -1.01. The Hall–Kier alpha value is -0.710. The van der Waals surface area contributed by atoms with E-state index in [-0.39, 0.29) is 10.5 Å². The highest BCUT2D eigenvalue weighted by atomic mass is 127. The second-order valence-corrected chi connectivity index (χ2v) is 5.60. The van der Waals surface area contributed by atoms with Gasteiger partial charge in [-0.1, -0.05) is 22.6 Å². The van der Waals surface area contributed by atoms with Crippen LogP contribution < -0.4 is 11.2 Å². The number of halogens is 1. The molecule has 1 fully saturated rings. The molecule has 1 saturated heterocycles. The normalized spacial score (nSPS) is 31.8. The maximum Gasteiger partial charge on any atom is 0.330 e. The zero-order valence-electron chi connectivity index (χ0n) is 9.54. The van der Waals surface area contributed by atoms with E-state index in [1.807, 2.05) is 22.6 Å². The van der Waals surface area contributed by atoms with Gasteiger partial charge in [0.1, 0.15) is 6.10 Å². The second kappa shape index (κ2) is 5.11. The van der Waals surface area contributed by atoms with Crippen LogP contribution in [-0.2, 0) is 4.74 Å². The van der Waals surface area contributed by atoms with Gasteiger partial charge in [-0.25, -0.2) is 4.79 Å². The SMILES string of the molecule is Cc1cn([C@@H]2O[C@H](CO)C(I)[C@H]2O)c(=O)[nH]c1=O. The maximum atomic E-state index is 11.7. The van der Waals surface area contributed by atoms with Gasteiger partial charge in [-0.3, -0.25) is 14.3 Å². The van der Waals surface area contributed by atoms with Gasteiger partial charge in [-0.15, -0.1) is 0 Å². The van der Waals surface area contributed by atoms with Gasteiger partial charge in [0.15, 0.2) is 6.23 Å². The summed E-state index contributed by atoms with van der Waals surface area (Å²) in [7, 11) is 0. The first-order valence-electron chi connectivity index (χ1n) is 5.36. The average Bonchev–Trinajstić information content (AvgIpc) is 2.61. The lowest BCUT2D eigenvalue weighted by Gasteiger charge is -2.17. The molecule has 1 aromatic heterocycles. The van der Waals surface area contributed by atoms with Crippen molar-refractivity contribution in [2.45, 2.75) is 29.3 Å². The highest BCUT2D eigenvalue weighted by Crippen LogP contribution is 2.33. The minimum absolute atomic E-state index is 0.238. The molecule has 0 saturated carbocycles. The zero-order valence-corrected chi connectivity index (χ0v) is 11.7. The van der Waals surface area contributed by atoms with Crippen LogP contribution in [0, 0.1) is 6.92 Å². The highest BCUT2D eigenvalue weighted by Gasteiger charge is 2.43. The number of aryl methyl sites for hydroxylation is 1. The number of H-pyrrole nitrogens is 1. The lowest BCUT2D eigenvalue weighted by molar-refractivity contribution is -0.0530. The minimum atomic E-state index is -0.925. The van der Waals surface area contributed by atoms with Crippen LogP contribution in [0.4, 0.5) is 0 Å². The van der Waals surface area contributed by atoms with Gasteiger partial charge < -0.3 is 14.9 Å². The highest BCUT2D eigenvalue weighted by molar-refractivity contribution is 14.1. The van der Waals surface area contributed by atoms with E-state index in [4.69, 9.17) is 9.84 Å². The summed E-state index contributed by atoms with van der Waals surface area (Å²) in [6, 6.07) is 0. The summed E-state index contributed by atoms with van der Waals surface area (Å²) >= 11 is 1.97. The monoisotopic (exact) mass is 368 g/mol. The number of aliphatic hydroxyl groups is 2. The summed E-state index contributed by atoms with van der Waals surface area (Å²) < 4.78 is 6.25. The van der Waals surface area contributed by atoms with Crippen LogP contribution in [0.2, 0.25) is 0 Å². The Bertz CT molecular complexity index is 554. The first kappa shape index (κ1) is 13.7. The Labute approximate surface area is 116 Å². The molecule has 0 radical (unpaired) electrons. The molecule has 1 aliphatic rings. The van der Waals surface area contributed by atoms with E-state index in [1.54, 1.807) is 6.92 Å². The Morgan fingerprint density at radius 2 is 2.22 bits per heavy atom. The number of ether oxygens (including phenoxy) is 1. The molecule has 18 heavy (non-hydrogen) atoms. The summed E-state index contributed by atoms with van der Waals surface area (Å²) in [5.74, 6) is 0. The number of nitrogens with one attached hydrogen (secondary N) is 1. The molecule has 0 bridgehead atoms. The fourth-order valence-electron chi connectivity index (χ4n) is 1.86. The van der Waals surface area contributed by atoms with Crippen molar-refractivity contribution >= 4 is 22.6 Å². The largest absolute Gasteiger partial charge is 0.394 e. The second-order valence-electron chi connectivity index (χ2n) is 4.16. The Kier molecular flexibility index (Phi) is 3.90. The van der Waals surface area contributed by atoms with Crippen molar-refractivity contribution in [3.8, 4) is 0 Å². The summed E-state index contributed by atoms with van der Waals surface area (Å²) in [6.45, 7) is 1.32. The minimum Gasteiger partial charge on any atom is -0.394 e. The molecule has 0 aromatic carbocycles. The van der Waals surface area contributed by atoms with Gasteiger partial charge in [-0.2, -0.15) is 0 Å². The molecule has 1 aromatic rings. The summed E-state index contributed by atoms with van der Waals surface area (Å²) in [5, 5.41) is 19.1. The lowest BCUT2D eigenvalue weighted by Crippen LogP contribution is -2.37. The van der Waals surface area contributed by atoms with Crippen LogP contribution in [0.15, 0.2) is 15.8 Å². The fraction of sp³-hybridized carbons (Fsp3) is 0.600. The van der Waals surface area contributed by atoms with Crippen molar-refractivity contribution in [3.05, 3.63) is 32.6 Å². The molecule has 100 valence electrons. The van der Waals surface area contributed by atoms with Crippen LogP contribution in [0.5, 0.6) is 0 Å². The number of rotatable bonds is 2. The van der Waals surface area contributed by atoms with Crippen molar-refractivity contribution in [2.24, 2.45) is 0 Å². The molecule has 1 unspecified atom stereocenters. The molecular formula is C10H13IN2O5. The quantitative estimate of drug-likeness (QED) is 0.454. The number of hydrogen-bond donors (Lipinski definition) is 3. The van der Waals surface area contributed by atoms with Crippen LogP contribution in [0.1, 0.15) is 11.8 Å². The number of alkyl halides is 1. The van der Waals surface area contributed by atoms with Crippen LogP contribution in [-0.4, -0.2) is 42.5 Å². The number of aromatic amines is 1. The fourth-order valence-corrected chi connectivity index (χ4v) is 2.61. The van der Waals surface area contributed by atoms with E-state index >= 15 is 0 Å². The molecule has 0 spiro atoms. The van der Waals surface area contributed by atoms with E-state index in [9.17, 15) is 14.7 Å². The predicted molar refractivity (Wildman–Crippen MR) is 70.9 cm³/mol. The smallest absolute Gasteiger partial charge is 0.330 e. The van der Waals surface area contributed by atoms with Crippen molar-refractivity contribution in [2.75, 3.05) is 6.61 Å². The first-order valence-corrected chi connectivity index (χ1v) is 6.60. The lowest BCUT2D eigenvalue weighted by atomic mass is 10.2. The Morgan fingerprint density at radius 3 is 2.78 bits per heavy atom. The van der Waals surface area contributed by atoms with Gasteiger partial charge >= 0.3 is 5.69 Å². The molecule has 4 atom stereocenters. The molecule has 2 heterocycles. The third-order valence-corrected chi connectivity index (χ3v) is 4.43. The standard InChI is InChI=1S/C10H13IN2O5/c1-4-2-13(10(17)12-8(4)16)9-7(15)6(11)5(3-14)18-9/h2,5-7,9,14-15H,3H2,1H3,(H,12,16,17)/t5-,6?,7-,9-/m1/s1. The topological polar surface area (TPSA) is 105 Å². The van der Waals surface area contributed by atoms with Crippen LogP contribution in [0.3, 0.4) is 0 Å². The number of aromatic nitrogens is 2. The molecule has 0 amide bonds. The molecule has 1 aliphatic heterocycles. The van der Waals surface area contributed by atoms with Gasteiger partial charge in [-0.05, 0) is 6.92 Å². The van der Waals surface area contributed by atoms with Crippen molar-refractivity contribution in [3.63, 3.8) is 0 Å². The Morgan fingerprint density at radius 1 is 1.56 bits per heavy atom. The first-order chi connectivity index (χ1) is 8.45. The number of hydrogen-bond acceptors (Lipinski definition) is 5. The van der Waals surface area contributed by atoms with E-state index in [1.165, 1.54) is 6.20 Å². The number of nitrogens with zero attached hydrogens (tertiary/aromatic N) is 1. The molecule has 2 rings (SSSR count). The van der Waals surface area contributed by atoms with Crippen molar-refractivity contribution in [1.82, 2.24) is 9.55 Å². The summed E-state index contributed by atoms with van der Waals surface area (Å²) in [4.78, 5) is 25.1. The Balaban J connectivity index is 2.42. The molecule has 8 heteroatoms. The number of aliphatic hydroxyl groups excluding tert-OH is 2. The molecule has 0 aliphatic carbocycles. The van der Waals surface area contributed by atoms with Gasteiger partial charge in [0, 0.05) is 11.8 Å². The van der Waals surface area contributed by atoms with Crippen LogP contribution in [0.25, 0.3) is 0 Å². The zero-order chi connectivity index (χ0) is 13.4. The van der Waals surface area contributed by atoms with Crippen LogP contribution >= 0.6 is 22.6 Å². The third kappa shape index (κ3) is 2.25. The van der Waals surface area contributed by atoms with Gasteiger partial charge in [0.25, 0.3) is 5.56 Å². The maximum absolute atomic E-state index is 11.7. The van der Waals surface area contributed by atoms with Gasteiger partial charge in [0.05, 0.1) is 16.6 Å². The van der Waals surface area contributed by atoms with E-state index in [0.717, 1.165) is 4.57 Å². The molecule has 7 nitrogen and oxygen atoms in total. The van der Waals surface area contributed by atoms with Crippen molar-refractivity contribution in [1.29, 1.82) is 0 Å². The third-order valence-electron chi connectivity index (χ3n) is 2.89. The average molecular weight is 368 g/mol. The van der Waals surface area contributed by atoms with E-state index < -0.39 is 29.7 Å². The van der Waals surface area contributed by atoms with Gasteiger partial charge in [0.2, 0.25) is 0 Å². The summed E-state index contributed by atoms with van der Waals surface area (Å²) in [5.41, 5.74) is -0.756.